The van der Waals surface area contributed by atoms with Crippen molar-refractivity contribution in [3.05, 3.63) is 29.8 Å². The number of halogens is 1. The molecule has 0 unspecified atom stereocenters. The number of hydrogen-bond acceptors (Lipinski definition) is 2. The van der Waals surface area contributed by atoms with Crippen LogP contribution in [0.25, 0.3) is 0 Å². The fourth-order valence-corrected chi connectivity index (χ4v) is 1.50. The Bertz CT molecular complexity index is 347. The van der Waals surface area contributed by atoms with Crippen LogP contribution >= 0.6 is 12.4 Å². The van der Waals surface area contributed by atoms with Crippen molar-refractivity contribution in [2.24, 2.45) is 5.92 Å². The van der Waals surface area contributed by atoms with Gasteiger partial charge in [-0.25, -0.2) is 0 Å². The highest BCUT2D eigenvalue weighted by Gasteiger charge is 2.28. The van der Waals surface area contributed by atoms with E-state index in [0.717, 1.165) is 31.5 Å². The van der Waals surface area contributed by atoms with Gasteiger partial charge in [-0.1, -0.05) is 12.1 Å². The molecule has 2 rings (SSSR count). The largest absolute Gasteiger partial charge is 0.399 e. The molecule has 0 aliphatic heterocycles. The van der Waals surface area contributed by atoms with Crippen molar-refractivity contribution >= 4 is 24.0 Å². The topological polar surface area (TPSA) is 55.1 Å². The number of nitrogens with two attached hydrogens (primary N) is 1. The lowest BCUT2D eigenvalue weighted by atomic mass is 10.1. The van der Waals surface area contributed by atoms with Crippen LogP contribution in [0.15, 0.2) is 24.3 Å². The van der Waals surface area contributed by atoms with Gasteiger partial charge in [-0.05, 0) is 37.0 Å². The van der Waals surface area contributed by atoms with E-state index in [4.69, 9.17) is 5.73 Å². The molecule has 1 aromatic carbocycles. The quantitative estimate of drug-likeness (QED) is 0.788. The molecule has 0 atom stereocenters. The van der Waals surface area contributed by atoms with Gasteiger partial charge in [0.2, 0.25) is 5.91 Å². The molecule has 88 valence electrons. The molecule has 1 saturated carbocycles. The van der Waals surface area contributed by atoms with Gasteiger partial charge in [0.15, 0.2) is 0 Å². The Hall–Kier alpha value is -1.22. The van der Waals surface area contributed by atoms with Gasteiger partial charge in [-0.15, -0.1) is 12.4 Å². The molecule has 1 aliphatic carbocycles. The first-order valence-corrected chi connectivity index (χ1v) is 5.38. The maximum atomic E-state index is 11.3. The first-order valence-electron chi connectivity index (χ1n) is 5.38. The molecule has 16 heavy (non-hydrogen) atoms. The van der Waals surface area contributed by atoms with Crippen molar-refractivity contribution < 1.29 is 4.79 Å². The average molecular weight is 241 g/mol. The normalized spacial score (nSPS) is 14.0. The van der Waals surface area contributed by atoms with Crippen LogP contribution in [0.2, 0.25) is 0 Å². The summed E-state index contributed by atoms with van der Waals surface area (Å²) in [5, 5.41) is 2.94. The van der Waals surface area contributed by atoms with E-state index in [9.17, 15) is 4.79 Å². The van der Waals surface area contributed by atoms with E-state index in [1.165, 1.54) is 5.56 Å². The minimum Gasteiger partial charge on any atom is -0.399 e. The van der Waals surface area contributed by atoms with Crippen LogP contribution in [-0.2, 0) is 11.2 Å². The molecule has 1 aliphatic rings. The van der Waals surface area contributed by atoms with Crippen LogP contribution in [0.3, 0.4) is 0 Å². The lowest BCUT2D eigenvalue weighted by Gasteiger charge is -2.04. The molecule has 0 aromatic heterocycles. The second kappa shape index (κ2) is 5.75. The van der Waals surface area contributed by atoms with Gasteiger partial charge in [0.05, 0.1) is 0 Å². The number of benzene rings is 1. The van der Waals surface area contributed by atoms with Crippen LogP contribution in [0, 0.1) is 5.92 Å². The summed E-state index contributed by atoms with van der Waals surface area (Å²) in [5.41, 5.74) is 7.57. The second-order valence-corrected chi connectivity index (χ2v) is 4.06. The number of anilines is 1. The molecule has 1 aromatic rings. The van der Waals surface area contributed by atoms with E-state index >= 15 is 0 Å². The second-order valence-electron chi connectivity index (χ2n) is 4.06. The summed E-state index contributed by atoms with van der Waals surface area (Å²) < 4.78 is 0. The van der Waals surface area contributed by atoms with Crippen molar-refractivity contribution in [2.45, 2.75) is 19.3 Å². The number of carbonyl (C=O) groups is 1. The molecular weight excluding hydrogens is 224 g/mol. The summed E-state index contributed by atoms with van der Waals surface area (Å²) in [6.45, 7) is 0.721. The molecule has 0 heterocycles. The number of nitrogens with one attached hydrogen (secondary N) is 1. The predicted octanol–water partition coefficient (Wildman–Crippen LogP) is 1.76. The monoisotopic (exact) mass is 240 g/mol. The lowest BCUT2D eigenvalue weighted by Crippen LogP contribution is -2.26. The molecule has 0 bridgehead atoms. The number of amides is 1. The predicted molar refractivity (Wildman–Crippen MR) is 67.5 cm³/mol. The third kappa shape index (κ3) is 3.74. The SMILES string of the molecule is Cl.Nc1ccc(CCNC(=O)C2CC2)cc1. The Labute approximate surface area is 102 Å². The summed E-state index contributed by atoms with van der Waals surface area (Å²) in [5.74, 6) is 0.516. The molecular formula is C12H17ClN2O. The van der Waals surface area contributed by atoms with Crippen LogP contribution in [0.4, 0.5) is 5.69 Å². The fourth-order valence-electron chi connectivity index (χ4n) is 1.50. The average Bonchev–Trinajstić information content (AvgIpc) is 3.04. The molecule has 4 heteroatoms. The minimum absolute atomic E-state index is 0. The van der Waals surface area contributed by atoms with Gasteiger partial charge in [0.25, 0.3) is 0 Å². The standard InChI is InChI=1S/C12H16N2O.ClH/c13-11-5-1-9(2-6-11)7-8-14-12(15)10-3-4-10;/h1-2,5-6,10H,3-4,7-8,13H2,(H,14,15);1H. The van der Waals surface area contributed by atoms with Crippen LogP contribution in [-0.4, -0.2) is 12.5 Å². The van der Waals surface area contributed by atoms with Gasteiger partial charge in [0, 0.05) is 18.2 Å². The summed E-state index contributed by atoms with van der Waals surface area (Å²) >= 11 is 0. The van der Waals surface area contributed by atoms with E-state index in [2.05, 4.69) is 5.32 Å². The number of nitrogen functional groups attached to an aromatic ring is 1. The van der Waals surface area contributed by atoms with Crippen molar-refractivity contribution in [3.63, 3.8) is 0 Å². The van der Waals surface area contributed by atoms with Crippen LogP contribution in [0.5, 0.6) is 0 Å². The van der Waals surface area contributed by atoms with Gasteiger partial charge >= 0.3 is 0 Å². The van der Waals surface area contributed by atoms with E-state index in [1.807, 2.05) is 24.3 Å². The first-order chi connectivity index (χ1) is 7.25. The number of carbonyl (C=O) groups excluding carboxylic acids is 1. The third-order valence-corrected chi connectivity index (χ3v) is 2.64. The Morgan fingerprint density at radius 3 is 2.50 bits per heavy atom. The zero-order chi connectivity index (χ0) is 10.7. The van der Waals surface area contributed by atoms with E-state index in [0.29, 0.717) is 5.92 Å². The highest BCUT2D eigenvalue weighted by Crippen LogP contribution is 2.28. The lowest BCUT2D eigenvalue weighted by molar-refractivity contribution is -0.122. The molecule has 0 radical (unpaired) electrons. The maximum absolute atomic E-state index is 11.3. The Morgan fingerprint density at radius 2 is 1.94 bits per heavy atom. The zero-order valence-corrected chi connectivity index (χ0v) is 9.93. The van der Waals surface area contributed by atoms with Gasteiger partial charge in [-0.3, -0.25) is 4.79 Å². The van der Waals surface area contributed by atoms with E-state index < -0.39 is 0 Å². The Morgan fingerprint density at radius 1 is 1.31 bits per heavy atom. The summed E-state index contributed by atoms with van der Waals surface area (Å²) in [7, 11) is 0. The molecule has 0 saturated heterocycles. The molecule has 1 amide bonds. The zero-order valence-electron chi connectivity index (χ0n) is 9.11. The summed E-state index contributed by atoms with van der Waals surface area (Å²) in [4.78, 5) is 11.3. The molecule has 1 fully saturated rings. The van der Waals surface area contributed by atoms with E-state index in [-0.39, 0.29) is 18.3 Å². The van der Waals surface area contributed by atoms with Crippen molar-refractivity contribution in [2.75, 3.05) is 12.3 Å². The number of hydrogen-bond donors (Lipinski definition) is 2. The van der Waals surface area contributed by atoms with Crippen LogP contribution < -0.4 is 11.1 Å². The van der Waals surface area contributed by atoms with Gasteiger partial charge in [-0.2, -0.15) is 0 Å². The fraction of sp³-hybridized carbons (Fsp3) is 0.417. The maximum Gasteiger partial charge on any atom is 0.223 e. The van der Waals surface area contributed by atoms with Crippen LogP contribution in [0.1, 0.15) is 18.4 Å². The van der Waals surface area contributed by atoms with Crippen molar-refractivity contribution in [1.29, 1.82) is 0 Å². The minimum atomic E-state index is 0. The third-order valence-electron chi connectivity index (χ3n) is 2.64. The number of rotatable bonds is 4. The Balaban J connectivity index is 0.00000128. The first kappa shape index (κ1) is 12.8. The molecule has 0 spiro atoms. The molecule has 3 nitrogen and oxygen atoms in total. The Kier molecular flexibility index (Phi) is 4.62. The summed E-state index contributed by atoms with van der Waals surface area (Å²) in [6, 6.07) is 7.77. The van der Waals surface area contributed by atoms with E-state index in [1.54, 1.807) is 0 Å². The van der Waals surface area contributed by atoms with Crippen molar-refractivity contribution in [1.82, 2.24) is 5.32 Å². The highest BCUT2D eigenvalue weighted by molar-refractivity contribution is 5.85. The summed E-state index contributed by atoms with van der Waals surface area (Å²) in [6.07, 6.45) is 3.00. The molecule has 3 N–H and O–H groups in total. The van der Waals surface area contributed by atoms with Gasteiger partial charge in [0.1, 0.15) is 0 Å². The van der Waals surface area contributed by atoms with Crippen molar-refractivity contribution in [3.8, 4) is 0 Å². The smallest absolute Gasteiger partial charge is 0.223 e. The highest BCUT2D eigenvalue weighted by atomic mass is 35.5. The van der Waals surface area contributed by atoms with Gasteiger partial charge < -0.3 is 11.1 Å².